The fraction of sp³-hybridized carbons (Fsp3) is 0.160. The van der Waals surface area contributed by atoms with Gasteiger partial charge in [-0.05, 0) is 56.6 Å². The zero-order valence-corrected chi connectivity index (χ0v) is 18.5. The van der Waals surface area contributed by atoms with E-state index in [9.17, 15) is 4.39 Å². The summed E-state index contributed by atoms with van der Waals surface area (Å²) in [7, 11) is 4.15. The maximum absolute atomic E-state index is 13.7. The molecule has 0 aliphatic carbocycles. The van der Waals surface area contributed by atoms with Gasteiger partial charge in [0.05, 0.1) is 0 Å². The second-order valence-electron chi connectivity index (χ2n) is 8.08. The van der Waals surface area contributed by atoms with Crippen LogP contribution in [0.4, 0.5) is 16.0 Å². The largest absolute Gasteiger partial charge is 0.346 e. The number of fused-ring (bicyclic) bond motifs is 1. The van der Waals surface area contributed by atoms with E-state index in [2.05, 4.69) is 68.2 Å². The standard InChI is InChI=1S/C25H24FN7/c1-31(2)14-15-32-12-9-18-17-21(6-7-22(18)32)29-25-28-10-8-23(30-25)33-13-11-27-24(33)19-4-3-5-20(26)16-19/h3-13,16-17H,14-15H2,1-2H3,(H,28,29,30). The molecule has 5 aromatic rings. The zero-order chi connectivity index (χ0) is 22.8. The van der Waals surface area contributed by atoms with Crippen LogP contribution in [0.25, 0.3) is 28.1 Å². The molecule has 0 aliphatic rings. The third kappa shape index (κ3) is 4.47. The minimum atomic E-state index is -0.307. The van der Waals surface area contributed by atoms with Crippen LogP contribution in [0.1, 0.15) is 0 Å². The fourth-order valence-corrected chi connectivity index (χ4v) is 3.78. The highest BCUT2D eigenvalue weighted by Gasteiger charge is 2.11. The van der Waals surface area contributed by atoms with Crippen LogP contribution in [0, 0.1) is 5.82 Å². The number of aromatic nitrogens is 5. The summed E-state index contributed by atoms with van der Waals surface area (Å²) in [5.41, 5.74) is 2.77. The first-order valence-corrected chi connectivity index (χ1v) is 10.7. The van der Waals surface area contributed by atoms with E-state index in [-0.39, 0.29) is 5.82 Å². The normalized spacial score (nSPS) is 11.4. The second-order valence-corrected chi connectivity index (χ2v) is 8.08. The van der Waals surface area contributed by atoms with Gasteiger partial charge in [0.2, 0.25) is 5.95 Å². The highest BCUT2D eigenvalue weighted by Crippen LogP contribution is 2.24. The molecule has 3 heterocycles. The van der Waals surface area contributed by atoms with Gasteiger partial charge in [-0.15, -0.1) is 0 Å². The summed E-state index contributed by atoms with van der Waals surface area (Å²) >= 11 is 0. The van der Waals surface area contributed by atoms with E-state index < -0.39 is 0 Å². The molecule has 0 amide bonds. The van der Waals surface area contributed by atoms with Crippen LogP contribution < -0.4 is 5.32 Å². The molecule has 8 heteroatoms. The lowest BCUT2D eigenvalue weighted by Crippen LogP contribution is -2.17. The molecular weight excluding hydrogens is 417 g/mol. The van der Waals surface area contributed by atoms with Crippen LogP contribution in [0.5, 0.6) is 0 Å². The van der Waals surface area contributed by atoms with Gasteiger partial charge in [-0.2, -0.15) is 4.98 Å². The molecule has 0 bridgehead atoms. The molecule has 5 rings (SSSR count). The van der Waals surface area contributed by atoms with Crippen molar-refractivity contribution in [2.75, 3.05) is 26.0 Å². The molecule has 0 unspecified atom stereocenters. The monoisotopic (exact) mass is 441 g/mol. The molecule has 7 nitrogen and oxygen atoms in total. The van der Waals surface area contributed by atoms with Crippen molar-refractivity contribution >= 4 is 22.5 Å². The molecule has 166 valence electrons. The van der Waals surface area contributed by atoms with Gasteiger partial charge in [-0.25, -0.2) is 14.4 Å². The molecule has 1 N–H and O–H groups in total. The number of nitrogens with zero attached hydrogens (tertiary/aromatic N) is 6. The molecule has 0 fully saturated rings. The number of likely N-dealkylation sites (N-methyl/N-ethyl adjacent to an activating group) is 1. The molecule has 0 radical (unpaired) electrons. The van der Waals surface area contributed by atoms with Crippen LogP contribution in [0.15, 0.2) is 79.4 Å². The predicted octanol–water partition coefficient (Wildman–Crippen LogP) is 4.73. The van der Waals surface area contributed by atoms with Crippen molar-refractivity contribution in [1.82, 2.24) is 29.0 Å². The topological polar surface area (TPSA) is 63.8 Å². The minimum Gasteiger partial charge on any atom is -0.346 e. The van der Waals surface area contributed by atoms with Crippen LogP contribution in [-0.4, -0.2) is 49.6 Å². The number of hydrogen-bond donors (Lipinski definition) is 1. The van der Waals surface area contributed by atoms with Crippen LogP contribution >= 0.6 is 0 Å². The van der Waals surface area contributed by atoms with Crippen molar-refractivity contribution in [3.63, 3.8) is 0 Å². The highest BCUT2D eigenvalue weighted by molar-refractivity contribution is 5.84. The lowest BCUT2D eigenvalue weighted by atomic mass is 10.2. The Morgan fingerprint density at radius 3 is 2.73 bits per heavy atom. The van der Waals surface area contributed by atoms with Crippen molar-refractivity contribution in [3.05, 3.63) is 85.2 Å². The van der Waals surface area contributed by atoms with E-state index in [4.69, 9.17) is 0 Å². The number of benzene rings is 2. The van der Waals surface area contributed by atoms with E-state index in [1.165, 1.54) is 17.6 Å². The molecule has 0 saturated carbocycles. The van der Waals surface area contributed by atoms with Crippen molar-refractivity contribution in [2.24, 2.45) is 0 Å². The average molecular weight is 442 g/mol. The van der Waals surface area contributed by atoms with Crippen molar-refractivity contribution in [2.45, 2.75) is 6.54 Å². The van der Waals surface area contributed by atoms with E-state index in [0.717, 1.165) is 24.2 Å². The SMILES string of the molecule is CN(C)CCn1ccc2cc(Nc3nccc(-n4ccnc4-c4cccc(F)c4)n3)ccc21. The second kappa shape index (κ2) is 8.84. The first-order chi connectivity index (χ1) is 16.1. The summed E-state index contributed by atoms with van der Waals surface area (Å²) in [6.07, 6.45) is 7.28. The third-order valence-electron chi connectivity index (χ3n) is 5.43. The number of nitrogens with one attached hydrogen (secondary N) is 1. The van der Waals surface area contributed by atoms with E-state index in [1.807, 2.05) is 16.7 Å². The molecule has 0 aliphatic heterocycles. The Labute approximate surface area is 191 Å². The van der Waals surface area contributed by atoms with Gasteiger partial charge in [0.25, 0.3) is 0 Å². The quantitative estimate of drug-likeness (QED) is 0.396. The van der Waals surface area contributed by atoms with Gasteiger partial charge in [0.1, 0.15) is 17.5 Å². The number of imidazole rings is 1. The third-order valence-corrected chi connectivity index (χ3v) is 5.43. The summed E-state index contributed by atoms with van der Waals surface area (Å²) in [6, 6.07) is 16.5. The van der Waals surface area contributed by atoms with E-state index in [1.54, 1.807) is 30.7 Å². The number of hydrogen-bond acceptors (Lipinski definition) is 5. The minimum absolute atomic E-state index is 0.307. The fourth-order valence-electron chi connectivity index (χ4n) is 3.78. The Morgan fingerprint density at radius 2 is 1.88 bits per heavy atom. The lowest BCUT2D eigenvalue weighted by molar-refractivity contribution is 0.387. The first kappa shape index (κ1) is 20.8. The van der Waals surface area contributed by atoms with Gasteiger partial charge in [-0.3, -0.25) is 4.57 Å². The predicted molar refractivity (Wildman–Crippen MR) is 128 cm³/mol. The summed E-state index contributed by atoms with van der Waals surface area (Å²) < 4.78 is 17.8. The summed E-state index contributed by atoms with van der Waals surface area (Å²) in [4.78, 5) is 15.6. The highest BCUT2D eigenvalue weighted by atomic mass is 19.1. The summed E-state index contributed by atoms with van der Waals surface area (Å²) in [5.74, 6) is 1.41. The average Bonchev–Trinajstić information content (AvgIpc) is 3.45. The van der Waals surface area contributed by atoms with Gasteiger partial charge in [0.15, 0.2) is 0 Å². The van der Waals surface area contributed by atoms with E-state index >= 15 is 0 Å². The van der Waals surface area contributed by atoms with Crippen molar-refractivity contribution in [1.29, 1.82) is 0 Å². The van der Waals surface area contributed by atoms with Crippen LogP contribution in [0.3, 0.4) is 0 Å². The van der Waals surface area contributed by atoms with Gasteiger partial charge in [-0.1, -0.05) is 12.1 Å². The Morgan fingerprint density at radius 1 is 0.970 bits per heavy atom. The number of anilines is 2. The maximum atomic E-state index is 13.7. The maximum Gasteiger partial charge on any atom is 0.229 e. The van der Waals surface area contributed by atoms with Gasteiger partial charge < -0.3 is 14.8 Å². The molecule has 0 atom stereocenters. The Kier molecular flexibility index (Phi) is 5.58. The Balaban J connectivity index is 1.40. The smallest absolute Gasteiger partial charge is 0.229 e. The Hall–Kier alpha value is -4.04. The number of halogens is 1. The molecule has 0 saturated heterocycles. The molecule has 33 heavy (non-hydrogen) atoms. The van der Waals surface area contributed by atoms with Crippen molar-refractivity contribution < 1.29 is 4.39 Å². The van der Waals surface area contributed by atoms with Crippen molar-refractivity contribution in [3.8, 4) is 17.2 Å². The van der Waals surface area contributed by atoms with E-state index in [0.29, 0.717) is 23.2 Å². The summed E-state index contributed by atoms with van der Waals surface area (Å²) in [5, 5.41) is 4.44. The van der Waals surface area contributed by atoms with Gasteiger partial charge in [0, 0.05) is 60.0 Å². The number of rotatable bonds is 7. The first-order valence-electron chi connectivity index (χ1n) is 10.7. The van der Waals surface area contributed by atoms with Gasteiger partial charge >= 0.3 is 0 Å². The van der Waals surface area contributed by atoms with Crippen LogP contribution in [0.2, 0.25) is 0 Å². The van der Waals surface area contributed by atoms with Crippen LogP contribution in [-0.2, 0) is 6.54 Å². The molecular formula is C25H24FN7. The Bertz CT molecular complexity index is 1400. The lowest BCUT2D eigenvalue weighted by Gasteiger charge is -2.12. The molecule has 0 spiro atoms. The molecule has 2 aromatic carbocycles. The molecule has 3 aromatic heterocycles. The summed E-state index contributed by atoms with van der Waals surface area (Å²) in [6.45, 7) is 1.92. The zero-order valence-electron chi connectivity index (χ0n) is 18.5.